The molecule has 0 aliphatic carbocycles. The number of hydrogen-bond acceptors (Lipinski definition) is 3. The van der Waals surface area contributed by atoms with E-state index in [1.54, 1.807) is 0 Å². The summed E-state index contributed by atoms with van der Waals surface area (Å²) in [6.07, 6.45) is 0. The lowest BCUT2D eigenvalue weighted by Gasteiger charge is -2.30. The summed E-state index contributed by atoms with van der Waals surface area (Å²) in [5, 5.41) is 7.03. The predicted molar refractivity (Wildman–Crippen MR) is 198 cm³/mol. The average Bonchev–Trinajstić information content (AvgIpc) is 3.50. The Morgan fingerprint density at radius 1 is 0.298 bits per heavy atom. The molecule has 3 heteroatoms. The quantitative estimate of drug-likeness (QED) is 0.177. The van der Waals surface area contributed by atoms with Gasteiger partial charge < -0.3 is 14.2 Å². The second-order valence-corrected chi connectivity index (χ2v) is 11.8. The highest BCUT2D eigenvalue weighted by Crippen LogP contribution is 2.44. The van der Waals surface area contributed by atoms with Crippen LogP contribution in [0.4, 0.5) is 34.1 Å². The van der Waals surface area contributed by atoms with Gasteiger partial charge in [-0.2, -0.15) is 0 Å². The molecule has 0 atom stereocenters. The molecule has 0 unspecified atom stereocenters. The fourth-order valence-corrected chi connectivity index (χ4v) is 6.87. The van der Waals surface area contributed by atoms with E-state index in [2.05, 4.69) is 180 Å². The predicted octanol–water partition coefficient (Wildman–Crippen LogP) is 12.8. The molecule has 222 valence electrons. The van der Waals surface area contributed by atoms with Crippen LogP contribution in [0.25, 0.3) is 43.5 Å². The van der Waals surface area contributed by atoms with Gasteiger partial charge in [-0.3, -0.25) is 0 Å². The second-order valence-electron chi connectivity index (χ2n) is 11.8. The van der Waals surface area contributed by atoms with Crippen molar-refractivity contribution in [2.45, 2.75) is 0 Å². The van der Waals surface area contributed by atoms with Crippen LogP contribution in [0.1, 0.15) is 0 Å². The minimum atomic E-state index is 0.908. The highest BCUT2D eigenvalue weighted by Gasteiger charge is 2.19. The summed E-state index contributed by atoms with van der Waals surface area (Å²) in [6, 6.07) is 64.4. The number of nitrogens with zero attached hydrogens (tertiary/aromatic N) is 2. The zero-order chi connectivity index (χ0) is 31.2. The zero-order valence-electron chi connectivity index (χ0n) is 25.6. The van der Waals surface area contributed by atoms with Crippen molar-refractivity contribution < 1.29 is 4.42 Å². The lowest BCUT2D eigenvalue weighted by molar-refractivity contribution is 0.669. The van der Waals surface area contributed by atoms with E-state index in [1.807, 2.05) is 12.1 Å². The normalized spacial score (nSPS) is 11.4. The van der Waals surface area contributed by atoms with E-state index >= 15 is 0 Å². The molecular formula is C44H30N2O. The number of para-hydroxylation sites is 4. The Balaban J connectivity index is 1.25. The SMILES string of the molecule is c1ccc(N(c2ccccc2)c2cccc(N(c3ccccc3)c3cccc4c3ccc3cc5c(cc34)oc3ccccc35)c2)cc1. The number of hydrogen-bond donors (Lipinski definition) is 0. The minimum absolute atomic E-state index is 0.908. The Morgan fingerprint density at radius 3 is 1.55 bits per heavy atom. The van der Waals surface area contributed by atoms with Crippen molar-refractivity contribution in [3.05, 3.63) is 182 Å². The molecule has 0 aliphatic rings. The summed E-state index contributed by atoms with van der Waals surface area (Å²) in [5.41, 5.74) is 8.40. The van der Waals surface area contributed by atoms with Crippen LogP contribution in [0.5, 0.6) is 0 Å². The van der Waals surface area contributed by atoms with Crippen LogP contribution < -0.4 is 9.80 Å². The van der Waals surface area contributed by atoms with Gasteiger partial charge in [-0.15, -0.1) is 0 Å². The lowest BCUT2D eigenvalue weighted by atomic mass is 9.98. The molecule has 0 spiro atoms. The number of rotatable bonds is 6. The minimum Gasteiger partial charge on any atom is -0.456 e. The molecule has 47 heavy (non-hydrogen) atoms. The third-order valence-corrected chi connectivity index (χ3v) is 8.98. The Morgan fingerprint density at radius 2 is 0.851 bits per heavy atom. The monoisotopic (exact) mass is 602 g/mol. The highest BCUT2D eigenvalue weighted by molar-refractivity contribution is 6.18. The first-order chi connectivity index (χ1) is 23.3. The fourth-order valence-electron chi connectivity index (χ4n) is 6.87. The maximum Gasteiger partial charge on any atom is 0.136 e. The van der Waals surface area contributed by atoms with Crippen LogP contribution in [0.15, 0.2) is 186 Å². The molecule has 0 aliphatic heterocycles. The van der Waals surface area contributed by atoms with Crippen LogP contribution in [0.2, 0.25) is 0 Å². The first-order valence-corrected chi connectivity index (χ1v) is 15.9. The van der Waals surface area contributed by atoms with Gasteiger partial charge in [0.1, 0.15) is 11.2 Å². The standard InChI is InChI=1S/C44H30N2O/c1-4-14-32(15-5-1)45(33-16-6-2-7-17-33)35-20-12-21-36(29-35)46(34-18-8-3-9-19-34)42-24-13-23-37-38(42)27-26-31-28-41-39-22-10-11-25-43(39)47-44(41)30-40(31)37/h1-30H. The van der Waals surface area contributed by atoms with E-state index in [1.165, 1.54) is 21.5 Å². The molecule has 9 aromatic rings. The van der Waals surface area contributed by atoms with Crippen molar-refractivity contribution in [1.82, 2.24) is 0 Å². The van der Waals surface area contributed by atoms with Gasteiger partial charge in [-0.25, -0.2) is 0 Å². The van der Waals surface area contributed by atoms with Crippen molar-refractivity contribution in [2.75, 3.05) is 9.80 Å². The van der Waals surface area contributed by atoms with Crippen LogP contribution in [0.3, 0.4) is 0 Å². The zero-order valence-corrected chi connectivity index (χ0v) is 25.6. The van der Waals surface area contributed by atoms with Crippen molar-refractivity contribution in [3.63, 3.8) is 0 Å². The number of furan rings is 1. The van der Waals surface area contributed by atoms with Gasteiger partial charge in [0, 0.05) is 44.6 Å². The lowest BCUT2D eigenvalue weighted by Crippen LogP contribution is -2.13. The molecule has 0 fully saturated rings. The van der Waals surface area contributed by atoms with Crippen molar-refractivity contribution in [3.8, 4) is 0 Å². The van der Waals surface area contributed by atoms with Crippen molar-refractivity contribution in [1.29, 1.82) is 0 Å². The van der Waals surface area contributed by atoms with Gasteiger partial charge in [0.15, 0.2) is 0 Å². The summed E-state index contributed by atoms with van der Waals surface area (Å²) in [7, 11) is 0. The van der Waals surface area contributed by atoms with Crippen LogP contribution in [0, 0.1) is 0 Å². The Bertz CT molecular complexity index is 2480. The molecule has 1 aromatic heterocycles. The molecule has 1 heterocycles. The van der Waals surface area contributed by atoms with E-state index < -0.39 is 0 Å². The molecule has 0 amide bonds. The molecular weight excluding hydrogens is 572 g/mol. The van der Waals surface area contributed by atoms with Gasteiger partial charge in [0.05, 0.1) is 5.69 Å². The van der Waals surface area contributed by atoms with Gasteiger partial charge in [0.2, 0.25) is 0 Å². The topological polar surface area (TPSA) is 19.6 Å². The number of benzene rings is 8. The van der Waals surface area contributed by atoms with Crippen LogP contribution in [-0.2, 0) is 0 Å². The van der Waals surface area contributed by atoms with E-state index in [4.69, 9.17) is 4.42 Å². The van der Waals surface area contributed by atoms with Crippen LogP contribution >= 0.6 is 0 Å². The smallest absolute Gasteiger partial charge is 0.136 e. The van der Waals surface area contributed by atoms with E-state index in [9.17, 15) is 0 Å². The molecule has 0 saturated carbocycles. The molecule has 9 rings (SSSR count). The fraction of sp³-hybridized carbons (Fsp3) is 0. The molecule has 0 saturated heterocycles. The summed E-state index contributed by atoms with van der Waals surface area (Å²) in [5.74, 6) is 0. The molecule has 0 N–H and O–H groups in total. The van der Waals surface area contributed by atoms with Gasteiger partial charge in [-0.1, -0.05) is 103 Å². The molecule has 0 radical (unpaired) electrons. The van der Waals surface area contributed by atoms with Gasteiger partial charge >= 0.3 is 0 Å². The Hall–Kier alpha value is -6.32. The first-order valence-electron chi connectivity index (χ1n) is 15.9. The summed E-state index contributed by atoms with van der Waals surface area (Å²) >= 11 is 0. The van der Waals surface area contributed by atoms with Crippen LogP contribution in [-0.4, -0.2) is 0 Å². The Labute approximate surface area is 273 Å². The van der Waals surface area contributed by atoms with E-state index in [0.717, 1.165) is 56.1 Å². The summed E-state index contributed by atoms with van der Waals surface area (Å²) in [4.78, 5) is 4.67. The first kappa shape index (κ1) is 27.0. The van der Waals surface area contributed by atoms with E-state index in [0.29, 0.717) is 0 Å². The average molecular weight is 603 g/mol. The van der Waals surface area contributed by atoms with Crippen molar-refractivity contribution >= 4 is 77.6 Å². The van der Waals surface area contributed by atoms with Crippen molar-refractivity contribution in [2.24, 2.45) is 0 Å². The number of anilines is 6. The number of fused-ring (bicyclic) bond motifs is 6. The molecule has 8 aromatic carbocycles. The largest absolute Gasteiger partial charge is 0.456 e. The molecule has 3 nitrogen and oxygen atoms in total. The van der Waals surface area contributed by atoms with Gasteiger partial charge in [-0.05, 0) is 95.0 Å². The van der Waals surface area contributed by atoms with Gasteiger partial charge in [0.25, 0.3) is 0 Å². The van der Waals surface area contributed by atoms with E-state index in [-0.39, 0.29) is 0 Å². The molecule has 0 bridgehead atoms. The maximum absolute atomic E-state index is 6.32. The third kappa shape index (κ3) is 4.68. The maximum atomic E-state index is 6.32. The third-order valence-electron chi connectivity index (χ3n) is 8.98. The summed E-state index contributed by atoms with van der Waals surface area (Å²) < 4.78 is 6.32. The second kappa shape index (κ2) is 11.2. The summed E-state index contributed by atoms with van der Waals surface area (Å²) in [6.45, 7) is 0. The Kier molecular flexibility index (Phi) is 6.46. The highest BCUT2D eigenvalue weighted by atomic mass is 16.3.